The minimum atomic E-state index is -0.187. The SMILES string of the molecule is O=C1CCc2c1cccc2C(=O)N1C[C@H]2C[C@@H](C1)[C@H](CO)N1C(=O)CCC[C@@H]21. The van der Waals surface area contributed by atoms with E-state index in [0.717, 1.165) is 24.8 Å². The van der Waals surface area contributed by atoms with Crippen LogP contribution < -0.4 is 0 Å². The molecule has 148 valence electrons. The van der Waals surface area contributed by atoms with Crippen molar-refractivity contribution in [3.8, 4) is 0 Å². The number of likely N-dealkylation sites (tertiary alicyclic amines) is 1. The maximum atomic E-state index is 13.4. The zero-order valence-electron chi connectivity index (χ0n) is 16.0. The summed E-state index contributed by atoms with van der Waals surface area (Å²) < 4.78 is 0. The summed E-state index contributed by atoms with van der Waals surface area (Å²) in [6, 6.07) is 5.41. The van der Waals surface area contributed by atoms with Gasteiger partial charge in [-0.15, -0.1) is 0 Å². The van der Waals surface area contributed by atoms with Crippen molar-refractivity contribution in [2.45, 2.75) is 50.6 Å². The smallest absolute Gasteiger partial charge is 0.254 e. The highest BCUT2D eigenvalue weighted by Gasteiger charge is 2.50. The van der Waals surface area contributed by atoms with Crippen LogP contribution in [0.4, 0.5) is 0 Å². The number of hydrogen-bond acceptors (Lipinski definition) is 4. The number of aliphatic hydroxyl groups is 1. The molecule has 2 bridgehead atoms. The molecule has 0 aromatic heterocycles. The van der Waals surface area contributed by atoms with Crippen LogP contribution in [0, 0.1) is 11.8 Å². The third kappa shape index (κ3) is 2.61. The molecule has 6 heteroatoms. The summed E-state index contributed by atoms with van der Waals surface area (Å²) in [6.07, 6.45) is 4.50. The fraction of sp³-hybridized carbons (Fsp3) is 0.591. The summed E-state index contributed by atoms with van der Waals surface area (Å²) in [4.78, 5) is 41.8. The fourth-order valence-electron chi connectivity index (χ4n) is 6.04. The number of nitrogens with zero attached hydrogens (tertiary/aromatic N) is 2. The van der Waals surface area contributed by atoms with Crippen LogP contribution in [-0.4, -0.2) is 64.3 Å². The van der Waals surface area contributed by atoms with E-state index in [4.69, 9.17) is 0 Å². The lowest BCUT2D eigenvalue weighted by Gasteiger charge is -2.56. The number of carbonyl (C=O) groups excluding carboxylic acids is 3. The number of carbonyl (C=O) groups is 3. The number of Topliss-reactive ketones (excluding diaryl/α,β-unsaturated/α-hetero) is 1. The largest absolute Gasteiger partial charge is 0.394 e. The molecule has 1 aromatic rings. The molecule has 1 N–H and O–H groups in total. The van der Waals surface area contributed by atoms with Crippen LogP contribution in [0.2, 0.25) is 0 Å². The predicted octanol–water partition coefficient (Wildman–Crippen LogP) is 1.65. The second kappa shape index (κ2) is 6.69. The number of hydrogen-bond donors (Lipinski definition) is 1. The average Bonchev–Trinajstić information content (AvgIpc) is 3.09. The lowest BCUT2D eigenvalue weighted by molar-refractivity contribution is -0.154. The third-order valence-corrected chi connectivity index (χ3v) is 7.28. The van der Waals surface area contributed by atoms with E-state index in [9.17, 15) is 19.5 Å². The van der Waals surface area contributed by atoms with Gasteiger partial charge in [0.2, 0.25) is 5.91 Å². The van der Waals surface area contributed by atoms with Gasteiger partial charge in [-0.05, 0) is 49.1 Å². The Hall–Kier alpha value is -2.21. The molecule has 1 aliphatic carbocycles. The lowest BCUT2D eigenvalue weighted by Crippen LogP contribution is -2.66. The number of amides is 2. The number of rotatable bonds is 2. The Labute approximate surface area is 164 Å². The number of aliphatic hydroxyl groups excluding tert-OH is 1. The van der Waals surface area contributed by atoms with Gasteiger partial charge in [-0.25, -0.2) is 0 Å². The van der Waals surface area contributed by atoms with Gasteiger partial charge in [-0.3, -0.25) is 14.4 Å². The normalized spacial score (nSPS) is 31.6. The molecule has 5 rings (SSSR count). The first-order chi connectivity index (χ1) is 13.6. The van der Waals surface area contributed by atoms with Gasteiger partial charge in [0.25, 0.3) is 5.91 Å². The Kier molecular flexibility index (Phi) is 4.27. The van der Waals surface area contributed by atoms with E-state index in [0.29, 0.717) is 43.5 Å². The Bertz CT molecular complexity index is 837. The van der Waals surface area contributed by atoms with Crippen molar-refractivity contribution < 1.29 is 19.5 Å². The maximum absolute atomic E-state index is 13.4. The molecule has 3 saturated heterocycles. The highest BCUT2D eigenvalue weighted by Crippen LogP contribution is 2.42. The van der Waals surface area contributed by atoms with Crippen molar-refractivity contribution in [2.75, 3.05) is 19.7 Å². The molecule has 0 saturated carbocycles. The lowest BCUT2D eigenvalue weighted by atomic mass is 9.72. The summed E-state index contributed by atoms with van der Waals surface area (Å²) in [5.74, 6) is 0.659. The Morgan fingerprint density at radius 1 is 1.11 bits per heavy atom. The number of benzene rings is 1. The van der Waals surface area contributed by atoms with Crippen molar-refractivity contribution in [3.05, 3.63) is 34.9 Å². The van der Waals surface area contributed by atoms with Crippen molar-refractivity contribution in [1.29, 1.82) is 0 Å². The predicted molar refractivity (Wildman–Crippen MR) is 102 cm³/mol. The molecule has 3 aliphatic heterocycles. The van der Waals surface area contributed by atoms with E-state index < -0.39 is 0 Å². The minimum Gasteiger partial charge on any atom is -0.394 e. The van der Waals surface area contributed by atoms with Gasteiger partial charge in [0.05, 0.1) is 12.6 Å². The van der Waals surface area contributed by atoms with Crippen LogP contribution in [-0.2, 0) is 11.2 Å². The minimum absolute atomic E-state index is 0.00599. The molecule has 2 amide bonds. The Morgan fingerprint density at radius 2 is 1.93 bits per heavy atom. The van der Waals surface area contributed by atoms with Crippen LogP contribution in [0.1, 0.15) is 58.4 Å². The molecular weight excluding hydrogens is 356 g/mol. The van der Waals surface area contributed by atoms with Gasteiger partial charge >= 0.3 is 0 Å². The van der Waals surface area contributed by atoms with Gasteiger partial charge < -0.3 is 14.9 Å². The van der Waals surface area contributed by atoms with Crippen molar-refractivity contribution in [1.82, 2.24) is 9.80 Å². The van der Waals surface area contributed by atoms with Gasteiger partial charge in [0, 0.05) is 43.1 Å². The molecule has 0 spiro atoms. The van der Waals surface area contributed by atoms with Crippen molar-refractivity contribution in [3.63, 3.8) is 0 Å². The highest BCUT2D eigenvalue weighted by atomic mass is 16.3. The zero-order chi connectivity index (χ0) is 19.4. The first-order valence-corrected chi connectivity index (χ1v) is 10.4. The van der Waals surface area contributed by atoms with Crippen LogP contribution in [0.3, 0.4) is 0 Å². The van der Waals surface area contributed by atoms with Gasteiger partial charge in [-0.2, -0.15) is 0 Å². The molecule has 4 atom stereocenters. The molecule has 6 nitrogen and oxygen atoms in total. The molecule has 3 fully saturated rings. The molecular formula is C22H26N2O4. The molecule has 1 aromatic carbocycles. The van der Waals surface area contributed by atoms with E-state index >= 15 is 0 Å². The number of ketones is 1. The maximum Gasteiger partial charge on any atom is 0.254 e. The standard InChI is InChI=1S/C22H26N2O4/c25-12-19-14-9-13(18-5-2-6-21(27)24(18)19)10-23(11-14)22(28)17-4-1-3-16-15(17)7-8-20(16)26/h1,3-4,13-14,18-19,25H,2,5-12H2/t13-,14+,18+,19+/m1/s1. The van der Waals surface area contributed by atoms with E-state index in [2.05, 4.69) is 0 Å². The summed E-state index contributed by atoms with van der Waals surface area (Å²) in [5, 5.41) is 10.0. The number of piperidine rings is 3. The van der Waals surface area contributed by atoms with Crippen molar-refractivity contribution in [2.24, 2.45) is 11.8 Å². The average molecular weight is 382 g/mol. The molecule has 4 aliphatic rings. The van der Waals surface area contributed by atoms with E-state index in [-0.39, 0.29) is 48.1 Å². The monoisotopic (exact) mass is 382 g/mol. The summed E-state index contributed by atoms with van der Waals surface area (Å²) in [6.45, 7) is 1.17. The van der Waals surface area contributed by atoms with E-state index in [1.54, 1.807) is 6.07 Å². The Morgan fingerprint density at radius 3 is 2.75 bits per heavy atom. The van der Waals surface area contributed by atoms with Crippen molar-refractivity contribution >= 4 is 17.6 Å². The topological polar surface area (TPSA) is 77.9 Å². The van der Waals surface area contributed by atoms with Crippen LogP contribution in [0.5, 0.6) is 0 Å². The van der Waals surface area contributed by atoms with Crippen LogP contribution in [0.15, 0.2) is 18.2 Å². The first-order valence-electron chi connectivity index (χ1n) is 10.4. The molecule has 28 heavy (non-hydrogen) atoms. The van der Waals surface area contributed by atoms with Gasteiger partial charge in [0.15, 0.2) is 5.78 Å². The second-order valence-corrected chi connectivity index (χ2v) is 8.73. The number of fused-ring (bicyclic) bond motifs is 5. The summed E-state index contributed by atoms with van der Waals surface area (Å²) in [5.41, 5.74) is 2.24. The van der Waals surface area contributed by atoms with Gasteiger partial charge in [-0.1, -0.05) is 12.1 Å². The van der Waals surface area contributed by atoms with Crippen LogP contribution in [0.25, 0.3) is 0 Å². The Balaban J connectivity index is 1.44. The van der Waals surface area contributed by atoms with E-state index in [1.807, 2.05) is 21.9 Å². The van der Waals surface area contributed by atoms with Crippen LogP contribution >= 0.6 is 0 Å². The van der Waals surface area contributed by atoms with Gasteiger partial charge in [0.1, 0.15) is 0 Å². The first kappa shape index (κ1) is 17.9. The third-order valence-electron chi connectivity index (χ3n) is 7.28. The molecule has 0 radical (unpaired) electrons. The molecule has 3 heterocycles. The molecule has 0 unspecified atom stereocenters. The quantitative estimate of drug-likeness (QED) is 0.844. The summed E-state index contributed by atoms with van der Waals surface area (Å²) in [7, 11) is 0. The second-order valence-electron chi connectivity index (χ2n) is 8.73. The zero-order valence-corrected chi connectivity index (χ0v) is 16.0. The summed E-state index contributed by atoms with van der Waals surface area (Å²) >= 11 is 0. The highest BCUT2D eigenvalue weighted by molar-refractivity contribution is 6.05. The fourth-order valence-corrected chi connectivity index (χ4v) is 6.04. The van der Waals surface area contributed by atoms with E-state index in [1.165, 1.54) is 0 Å².